The minimum Gasteiger partial charge on any atom is -0.334 e. The molecule has 2 aromatic carbocycles. The van der Waals surface area contributed by atoms with E-state index in [0.29, 0.717) is 0 Å². The molecule has 232 valence electrons. The number of hydrogen-bond acceptors (Lipinski definition) is 3. The third kappa shape index (κ3) is 5.77. The van der Waals surface area contributed by atoms with Crippen LogP contribution in [0.2, 0.25) is 0 Å². The second-order valence-electron chi connectivity index (χ2n) is 12.9. The van der Waals surface area contributed by atoms with Crippen LogP contribution in [0.5, 0.6) is 0 Å². The number of fused-ring (bicyclic) bond motifs is 6. The number of aromatic nitrogens is 5. The van der Waals surface area contributed by atoms with Crippen LogP contribution < -0.4 is 4.57 Å². The van der Waals surface area contributed by atoms with Gasteiger partial charge in [0.05, 0.1) is 11.3 Å². The number of nitrogens with zero attached hydrogens (tertiary/aromatic N) is 5. The molecule has 6 heteroatoms. The lowest BCUT2D eigenvalue weighted by atomic mass is 9.88. The zero-order valence-electron chi connectivity index (χ0n) is 28.5. The summed E-state index contributed by atoms with van der Waals surface area (Å²) in [4.78, 5) is 9.53. The molecule has 0 saturated carbocycles. The quantitative estimate of drug-likeness (QED) is 0.146. The molecule has 4 heterocycles. The molecule has 0 atom stereocenters. The van der Waals surface area contributed by atoms with Crippen molar-refractivity contribution in [3.05, 3.63) is 119 Å². The van der Waals surface area contributed by atoms with Crippen LogP contribution in [0.15, 0.2) is 95.7 Å². The monoisotopic (exact) mass is 600 g/mol. The first-order valence-electron chi connectivity index (χ1n) is 15.7. The fourth-order valence-electron chi connectivity index (χ4n) is 6.12. The van der Waals surface area contributed by atoms with Gasteiger partial charge in [-0.2, -0.15) is 0 Å². The molecule has 0 unspecified atom stereocenters. The molecule has 0 saturated heterocycles. The Labute approximate surface area is 267 Å². The molecule has 0 fully saturated rings. The molecule has 0 N–H and O–H groups in total. The standard InChI is InChI=1S/C27H32N3O.C12H14N2/c1-10-17(4)23(18(5)11-2)21-14-29-24-19(6)12-16(3)13-22(24)30-25(26(29)28-21)20(15-31-30)27(7,8)9;1-3-10-6-4-5-7-11(10)12-13-8-9-14(12)2/h10-15H,1H2,2-9H3;4-9H,3H2,1-2H3/q+1;/b18-11-,23-17+;. The van der Waals surface area contributed by atoms with Crippen molar-refractivity contribution in [2.24, 2.45) is 7.05 Å². The van der Waals surface area contributed by atoms with E-state index in [1.54, 1.807) is 0 Å². The van der Waals surface area contributed by atoms with E-state index in [2.05, 4.69) is 132 Å². The maximum Gasteiger partial charge on any atom is 0.308 e. The zero-order valence-corrected chi connectivity index (χ0v) is 28.5. The SMILES string of the molecule is C=C/C(C)=C(\C(C)=C/C)c1cn2c(n1)c1c(C(C)(C)C)co[n+]1c1cc(C)cc(C)c12.CCc1ccccc1-c1nccn1C. The van der Waals surface area contributed by atoms with Crippen molar-refractivity contribution in [2.75, 3.05) is 0 Å². The van der Waals surface area contributed by atoms with Crippen LogP contribution in [-0.2, 0) is 18.9 Å². The maximum absolute atomic E-state index is 6.14. The van der Waals surface area contributed by atoms with E-state index in [-0.39, 0.29) is 5.41 Å². The van der Waals surface area contributed by atoms with E-state index in [4.69, 9.17) is 9.51 Å². The van der Waals surface area contributed by atoms with Crippen molar-refractivity contribution >= 4 is 27.8 Å². The zero-order chi connectivity index (χ0) is 32.6. The topological polar surface area (TPSA) is 52.4 Å². The van der Waals surface area contributed by atoms with E-state index in [1.807, 2.05) is 36.4 Å². The largest absolute Gasteiger partial charge is 0.334 e. The second kappa shape index (κ2) is 12.4. The lowest BCUT2D eigenvalue weighted by Crippen LogP contribution is -2.24. The molecule has 6 nitrogen and oxygen atoms in total. The lowest BCUT2D eigenvalue weighted by molar-refractivity contribution is -0.693. The van der Waals surface area contributed by atoms with E-state index in [0.717, 1.165) is 56.8 Å². The Morgan fingerprint density at radius 1 is 1.11 bits per heavy atom. The van der Waals surface area contributed by atoms with Gasteiger partial charge in [-0.15, -0.1) is 0 Å². The average molecular weight is 601 g/mol. The van der Waals surface area contributed by atoms with Crippen LogP contribution in [0.3, 0.4) is 0 Å². The van der Waals surface area contributed by atoms with Crippen LogP contribution in [0.1, 0.15) is 76.4 Å². The van der Waals surface area contributed by atoms with Gasteiger partial charge < -0.3 is 4.57 Å². The van der Waals surface area contributed by atoms with Crippen molar-refractivity contribution in [3.8, 4) is 11.4 Å². The predicted molar refractivity (Wildman–Crippen MR) is 187 cm³/mol. The first-order chi connectivity index (χ1) is 21.4. The van der Waals surface area contributed by atoms with Crippen LogP contribution >= 0.6 is 0 Å². The highest BCUT2D eigenvalue weighted by molar-refractivity contribution is 5.88. The molecule has 0 aliphatic heterocycles. The van der Waals surface area contributed by atoms with Crippen molar-refractivity contribution in [3.63, 3.8) is 0 Å². The summed E-state index contributed by atoms with van der Waals surface area (Å²) in [5, 5.41) is 0. The van der Waals surface area contributed by atoms with E-state index < -0.39 is 0 Å². The summed E-state index contributed by atoms with van der Waals surface area (Å²) >= 11 is 0. The lowest BCUT2D eigenvalue weighted by Gasteiger charge is -2.13. The molecule has 0 spiro atoms. The Balaban J connectivity index is 0.000000238. The number of imidazole rings is 2. The first-order valence-corrected chi connectivity index (χ1v) is 15.7. The highest BCUT2D eigenvalue weighted by Crippen LogP contribution is 2.33. The van der Waals surface area contributed by atoms with Gasteiger partial charge in [0.25, 0.3) is 5.52 Å². The fourth-order valence-corrected chi connectivity index (χ4v) is 6.12. The van der Waals surface area contributed by atoms with Crippen LogP contribution in [0.25, 0.3) is 39.2 Å². The first kappa shape index (κ1) is 31.7. The number of rotatable bonds is 5. The maximum atomic E-state index is 6.14. The van der Waals surface area contributed by atoms with Gasteiger partial charge in [0.1, 0.15) is 11.3 Å². The van der Waals surface area contributed by atoms with E-state index >= 15 is 0 Å². The molecule has 45 heavy (non-hydrogen) atoms. The van der Waals surface area contributed by atoms with Gasteiger partial charge in [0.15, 0.2) is 6.26 Å². The molecular formula is C39H46N5O+. The van der Waals surface area contributed by atoms with Gasteiger partial charge >= 0.3 is 5.52 Å². The molecule has 6 rings (SSSR count). The van der Waals surface area contributed by atoms with Gasteiger partial charge in [-0.1, -0.05) is 76.8 Å². The van der Waals surface area contributed by atoms with Gasteiger partial charge in [0, 0.05) is 47.4 Å². The number of aryl methyl sites for hydroxylation is 4. The van der Waals surface area contributed by atoms with Crippen LogP contribution in [0.4, 0.5) is 0 Å². The molecule has 0 bridgehead atoms. The van der Waals surface area contributed by atoms with E-state index in [9.17, 15) is 0 Å². The Kier molecular flexibility index (Phi) is 8.70. The highest BCUT2D eigenvalue weighted by atomic mass is 16.5. The number of hydrogen-bond donors (Lipinski definition) is 0. The molecule has 0 aliphatic rings. The van der Waals surface area contributed by atoms with Gasteiger partial charge in [-0.05, 0) is 74.3 Å². The van der Waals surface area contributed by atoms with E-state index in [1.165, 1.54) is 27.8 Å². The summed E-state index contributed by atoms with van der Waals surface area (Å²) in [6, 6.07) is 12.8. The third-order valence-corrected chi connectivity index (χ3v) is 8.59. The van der Waals surface area contributed by atoms with Gasteiger partial charge in [-0.25, -0.2) is 14.5 Å². The smallest absolute Gasteiger partial charge is 0.308 e. The number of benzene rings is 2. The van der Waals surface area contributed by atoms with Gasteiger partial charge in [-0.3, -0.25) is 4.40 Å². The number of allylic oxidation sites excluding steroid dienone is 5. The van der Waals surface area contributed by atoms with Crippen molar-refractivity contribution in [1.29, 1.82) is 0 Å². The van der Waals surface area contributed by atoms with Crippen LogP contribution in [0, 0.1) is 13.8 Å². The minimum absolute atomic E-state index is 0.0770. The normalized spacial score (nSPS) is 12.9. The Morgan fingerprint density at radius 2 is 1.84 bits per heavy atom. The highest BCUT2D eigenvalue weighted by Gasteiger charge is 2.32. The minimum atomic E-state index is -0.0770. The predicted octanol–water partition coefficient (Wildman–Crippen LogP) is 9.31. The molecule has 4 aromatic heterocycles. The summed E-state index contributed by atoms with van der Waals surface area (Å²) in [6.45, 7) is 23.4. The van der Waals surface area contributed by atoms with Crippen molar-refractivity contribution < 1.29 is 9.10 Å². The molecule has 6 aromatic rings. The Hall–Kier alpha value is -4.71. The molecular weight excluding hydrogens is 554 g/mol. The summed E-state index contributed by atoms with van der Waals surface area (Å²) in [7, 11) is 2.02. The summed E-state index contributed by atoms with van der Waals surface area (Å²) in [5.41, 5.74) is 14.5. The Bertz CT molecular complexity index is 2110. The molecule has 0 radical (unpaired) electrons. The van der Waals surface area contributed by atoms with Crippen molar-refractivity contribution in [2.45, 2.75) is 74.1 Å². The molecule has 0 amide bonds. The second-order valence-corrected chi connectivity index (χ2v) is 12.9. The molecule has 0 aliphatic carbocycles. The van der Waals surface area contributed by atoms with Gasteiger partial charge in [0.2, 0.25) is 5.65 Å². The summed E-state index contributed by atoms with van der Waals surface area (Å²) < 4.78 is 12.4. The Morgan fingerprint density at radius 3 is 2.47 bits per heavy atom. The van der Waals surface area contributed by atoms with Crippen LogP contribution in [-0.4, -0.2) is 18.9 Å². The van der Waals surface area contributed by atoms with Crippen molar-refractivity contribution in [1.82, 2.24) is 18.9 Å². The fraction of sp³-hybridized carbons (Fsp3) is 0.308. The third-order valence-electron chi connectivity index (χ3n) is 8.59. The summed E-state index contributed by atoms with van der Waals surface area (Å²) in [5.74, 6) is 1.04. The average Bonchev–Trinajstić information content (AvgIpc) is 3.75. The summed E-state index contributed by atoms with van der Waals surface area (Å²) in [6.07, 6.45) is 12.9.